The highest BCUT2D eigenvalue weighted by atomic mass is 79.9. The van der Waals surface area contributed by atoms with Gasteiger partial charge in [-0.2, -0.15) is 0 Å². The summed E-state index contributed by atoms with van der Waals surface area (Å²) in [7, 11) is 0. The molecule has 1 unspecified atom stereocenters. The first-order chi connectivity index (χ1) is 6.02. The van der Waals surface area contributed by atoms with Crippen LogP contribution in [0.25, 0.3) is 0 Å². The predicted molar refractivity (Wildman–Crippen MR) is 56.9 cm³/mol. The van der Waals surface area contributed by atoms with E-state index in [9.17, 15) is 4.79 Å². The maximum absolute atomic E-state index is 11.6. The summed E-state index contributed by atoms with van der Waals surface area (Å²) >= 11 is 3.32. The van der Waals surface area contributed by atoms with Gasteiger partial charge >= 0.3 is 0 Å². The minimum atomic E-state index is -0.437. The molecule has 0 aliphatic carbocycles. The summed E-state index contributed by atoms with van der Waals surface area (Å²) in [5.74, 6) is -0.0150. The van der Waals surface area contributed by atoms with Crippen molar-refractivity contribution in [3.63, 3.8) is 0 Å². The molecule has 13 heavy (non-hydrogen) atoms. The van der Waals surface area contributed by atoms with Gasteiger partial charge in [-0.15, -0.1) is 0 Å². The van der Waals surface area contributed by atoms with Crippen LogP contribution in [0.1, 0.15) is 22.8 Å². The van der Waals surface area contributed by atoms with Crippen molar-refractivity contribution in [3.8, 4) is 0 Å². The van der Waals surface area contributed by atoms with Crippen LogP contribution in [0.3, 0.4) is 0 Å². The molecule has 0 saturated carbocycles. The van der Waals surface area contributed by atoms with E-state index in [-0.39, 0.29) is 5.78 Å². The maximum Gasteiger partial charge on any atom is 0.179 e. The molecule has 2 N–H and O–H groups in total. The number of benzene rings is 1. The second kappa shape index (κ2) is 4.03. The smallest absolute Gasteiger partial charge is 0.179 e. The number of carbonyl (C=O) groups excluding carboxylic acids is 1. The van der Waals surface area contributed by atoms with Crippen LogP contribution >= 0.6 is 15.9 Å². The summed E-state index contributed by atoms with van der Waals surface area (Å²) in [6.45, 7) is 3.60. The van der Waals surface area contributed by atoms with Crippen LogP contribution in [0, 0.1) is 6.92 Å². The lowest BCUT2D eigenvalue weighted by Crippen LogP contribution is -2.27. The first-order valence-corrected chi connectivity index (χ1v) is 4.87. The molecule has 3 heteroatoms. The lowest BCUT2D eigenvalue weighted by molar-refractivity contribution is 0.0967. The lowest BCUT2D eigenvalue weighted by Gasteiger charge is -2.07. The fraction of sp³-hybridized carbons (Fsp3) is 0.300. The van der Waals surface area contributed by atoms with Crippen LogP contribution in [0.5, 0.6) is 0 Å². The molecule has 0 fully saturated rings. The molecule has 0 aromatic heterocycles. The largest absolute Gasteiger partial charge is 0.321 e. The van der Waals surface area contributed by atoms with E-state index in [1.165, 1.54) is 0 Å². The van der Waals surface area contributed by atoms with Crippen molar-refractivity contribution in [2.24, 2.45) is 5.73 Å². The Morgan fingerprint density at radius 3 is 2.69 bits per heavy atom. The number of carbonyl (C=O) groups is 1. The van der Waals surface area contributed by atoms with Crippen LogP contribution in [0.2, 0.25) is 0 Å². The van der Waals surface area contributed by atoms with E-state index in [0.717, 1.165) is 10.0 Å². The highest BCUT2D eigenvalue weighted by Gasteiger charge is 2.13. The topological polar surface area (TPSA) is 43.1 Å². The number of Topliss-reactive ketones (excluding diaryl/α,β-unsaturated/α-hetero) is 1. The monoisotopic (exact) mass is 241 g/mol. The van der Waals surface area contributed by atoms with Gasteiger partial charge in [-0.3, -0.25) is 4.79 Å². The molecule has 1 aromatic carbocycles. The Bertz CT molecular complexity index is 334. The van der Waals surface area contributed by atoms with Crippen molar-refractivity contribution >= 4 is 21.7 Å². The van der Waals surface area contributed by atoms with Crippen molar-refractivity contribution in [2.45, 2.75) is 19.9 Å². The van der Waals surface area contributed by atoms with E-state index in [1.54, 1.807) is 13.0 Å². The molecule has 2 nitrogen and oxygen atoms in total. The molecule has 0 spiro atoms. The summed E-state index contributed by atoms with van der Waals surface area (Å²) in [6, 6.07) is 5.18. The van der Waals surface area contributed by atoms with Gasteiger partial charge < -0.3 is 5.73 Å². The van der Waals surface area contributed by atoms with Crippen molar-refractivity contribution in [2.75, 3.05) is 0 Å². The Morgan fingerprint density at radius 2 is 2.15 bits per heavy atom. The van der Waals surface area contributed by atoms with Crippen molar-refractivity contribution in [1.29, 1.82) is 0 Å². The molecule has 0 saturated heterocycles. The van der Waals surface area contributed by atoms with Gasteiger partial charge in [0.25, 0.3) is 0 Å². The second-order valence-electron chi connectivity index (χ2n) is 3.11. The van der Waals surface area contributed by atoms with E-state index in [0.29, 0.717) is 5.56 Å². The Hall–Kier alpha value is -0.670. The molecule has 0 amide bonds. The molecule has 1 atom stereocenters. The summed E-state index contributed by atoms with van der Waals surface area (Å²) in [5, 5.41) is 0. The molecule has 0 aliphatic heterocycles. The number of halogens is 1. The van der Waals surface area contributed by atoms with E-state index in [1.807, 2.05) is 19.1 Å². The molecule has 0 heterocycles. The number of hydrogen-bond donors (Lipinski definition) is 1. The summed E-state index contributed by atoms with van der Waals surface area (Å²) < 4.78 is 0.905. The molecular weight excluding hydrogens is 230 g/mol. The molecule has 1 rings (SSSR count). The maximum atomic E-state index is 11.6. The fourth-order valence-electron chi connectivity index (χ4n) is 1.10. The first-order valence-electron chi connectivity index (χ1n) is 4.08. The lowest BCUT2D eigenvalue weighted by atomic mass is 10.0. The molecule has 0 aliphatic rings. The van der Waals surface area contributed by atoms with Gasteiger partial charge in [-0.05, 0) is 31.5 Å². The minimum absolute atomic E-state index is 0.0150. The molecule has 0 radical (unpaired) electrons. The van der Waals surface area contributed by atoms with Crippen molar-refractivity contribution < 1.29 is 4.79 Å². The third-order valence-electron chi connectivity index (χ3n) is 1.88. The Kier molecular flexibility index (Phi) is 3.22. The van der Waals surface area contributed by atoms with Crippen LogP contribution in [-0.2, 0) is 0 Å². The van der Waals surface area contributed by atoms with Gasteiger partial charge in [0.1, 0.15) is 0 Å². The third-order valence-corrected chi connectivity index (χ3v) is 2.37. The summed E-state index contributed by atoms with van der Waals surface area (Å²) in [4.78, 5) is 11.6. The first kappa shape index (κ1) is 10.4. The Morgan fingerprint density at radius 1 is 1.54 bits per heavy atom. The van der Waals surface area contributed by atoms with E-state index >= 15 is 0 Å². The van der Waals surface area contributed by atoms with Gasteiger partial charge in [-0.25, -0.2) is 0 Å². The zero-order chi connectivity index (χ0) is 10.0. The Labute approximate surface area is 86.3 Å². The van der Waals surface area contributed by atoms with Gasteiger partial charge in [0.15, 0.2) is 5.78 Å². The average molecular weight is 242 g/mol. The number of rotatable bonds is 2. The SMILES string of the molecule is Cc1ccc(Br)cc1C(=O)C(C)N. The van der Waals surface area contributed by atoms with E-state index in [2.05, 4.69) is 15.9 Å². The van der Waals surface area contributed by atoms with Crippen molar-refractivity contribution in [1.82, 2.24) is 0 Å². The van der Waals surface area contributed by atoms with Crippen LogP contribution in [0.15, 0.2) is 22.7 Å². The van der Waals surface area contributed by atoms with Crippen molar-refractivity contribution in [3.05, 3.63) is 33.8 Å². The third kappa shape index (κ3) is 2.39. The molecule has 1 aromatic rings. The number of aryl methyl sites for hydroxylation is 1. The number of nitrogens with two attached hydrogens (primary N) is 1. The van der Waals surface area contributed by atoms with Crippen LogP contribution < -0.4 is 5.73 Å². The average Bonchev–Trinajstić information content (AvgIpc) is 2.08. The fourth-order valence-corrected chi connectivity index (χ4v) is 1.47. The molecule has 0 bridgehead atoms. The normalized spacial score (nSPS) is 12.6. The van der Waals surface area contributed by atoms with Crippen LogP contribution in [-0.4, -0.2) is 11.8 Å². The molecular formula is C10H12BrNO. The van der Waals surface area contributed by atoms with E-state index in [4.69, 9.17) is 5.73 Å². The van der Waals surface area contributed by atoms with E-state index < -0.39 is 6.04 Å². The second-order valence-corrected chi connectivity index (χ2v) is 4.03. The summed E-state index contributed by atoms with van der Waals surface area (Å²) in [5.41, 5.74) is 7.18. The van der Waals surface area contributed by atoms with Gasteiger partial charge in [0.05, 0.1) is 6.04 Å². The van der Waals surface area contributed by atoms with Crippen LogP contribution in [0.4, 0.5) is 0 Å². The molecule has 70 valence electrons. The standard InChI is InChI=1S/C10H12BrNO/c1-6-3-4-8(11)5-9(6)10(13)7(2)12/h3-5,7H,12H2,1-2H3. The Balaban J connectivity index is 3.13. The highest BCUT2D eigenvalue weighted by molar-refractivity contribution is 9.10. The van der Waals surface area contributed by atoms with Gasteiger partial charge in [-0.1, -0.05) is 22.0 Å². The highest BCUT2D eigenvalue weighted by Crippen LogP contribution is 2.17. The minimum Gasteiger partial charge on any atom is -0.321 e. The zero-order valence-corrected chi connectivity index (χ0v) is 9.26. The summed E-state index contributed by atoms with van der Waals surface area (Å²) in [6.07, 6.45) is 0. The number of hydrogen-bond acceptors (Lipinski definition) is 2. The quantitative estimate of drug-likeness (QED) is 0.808. The van der Waals surface area contributed by atoms with Gasteiger partial charge in [0, 0.05) is 10.0 Å². The van der Waals surface area contributed by atoms with Gasteiger partial charge in [0.2, 0.25) is 0 Å². The number of ketones is 1. The predicted octanol–water partition coefficient (Wildman–Crippen LogP) is 2.29. The zero-order valence-electron chi connectivity index (χ0n) is 7.67.